The van der Waals surface area contributed by atoms with Crippen molar-refractivity contribution < 1.29 is 9.53 Å². The van der Waals surface area contributed by atoms with Crippen LogP contribution in [0.5, 0.6) is 5.75 Å². The number of rotatable bonds is 4. The highest BCUT2D eigenvalue weighted by Gasteiger charge is 2.42. The van der Waals surface area contributed by atoms with E-state index in [9.17, 15) is 4.79 Å². The standard InChI is InChI=1S/C26H29N5O2/c1-26(2)14-20-22(21(32)15-26)23(17-7-6-8-19(13-17)33-5)31-25(27-20)28-24(29-31)16-9-11-18(12-10-16)30(3)4/h6-13,23H,14-15H2,1-5H3,(H,27,28,29). The number of nitrogens with one attached hydrogen (secondary N) is 1. The number of hydrogen-bond acceptors (Lipinski definition) is 6. The number of methoxy groups -OCH3 is 1. The van der Waals surface area contributed by atoms with E-state index in [1.54, 1.807) is 7.11 Å². The molecule has 7 nitrogen and oxygen atoms in total. The number of fused-ring (bicyclic) bond motifs is 1. The van der Waals surface area contributed by atoms with Crippen LogP contribution in [0.15, 0.2) is 59.8 Å². The monoisotopic (exact) mass is 443 g/mol. The van der Waals surface area contributed by atoms with Gasteiger partial charge in [-0.25, -0.2) is 4.68 Å². The number of aromatic nitrogens is 3. The highest BCUT2D eigenvalue weighted by molar-refractivity contribution is 6.00. The molecule has 2 aliphatic rings. The third kappa shape index (κ3) is 3.77. The summed E-state index contributed by atoms with van der Waals surface area (Å²) in [6.45, 7) is 4.27. The molecule has 2 aromatic carbocycles. The van der Waals surface area contributed by atoms with Gasteiger partial charge in [0.2, 0.25) is 5.95 Å². The van der Waals surface area contributed by atoms with Crippen molar-refractivity contribution in [3.05, 3.63) is 65.4 Å². The van der Waals surface area contributed by atoms with Gasteiger partial charge in [0.1, 0.15) is 11.8 Å². The fourth-order valence-electron chi connectivity index (χ4n) is 4.76. The van der Waals surface area contributed by atoms with E-state index in [4.69, 9.17) is 14.8 Å². The van der Waals surface area contributed by atoms with E-state index in [0.717, 1.165) is 40.3 Å². The molecule has 1 aromatic heterocycles. The van der Waals surface area contributed by atoms with E-state index in [1.165, 1.54) is 0 Å². The van der Waals surface area contributed by atoms with E-state index in [0.29, 0.717) is 18.2 Å². The normalized spacial score (nSPS) is 18.9. The highest BCUT2D eigenvalue weighted by Crippen LogP contribution is 2.46. The molecule has 2 heterocycles. The molecule has 170 valence electrons. The topological polar surface area (TPSA) is 72.3 Å². The molecule has 5 rings (SSSR count). The van der Waals surface area contributed by atoms with Crippen LogP contribution in [0.25, 0.3) is 11.4 Å². The molecule has 7 heteroatoms. The van der Waals surface area contributed by atoms with Gasteiger partial charge in [0, 0.05) is 43.0 Å². The van der Waals surface area contributed by atoms with Crippen LogP contribution in [0.4, 0.5) is 11.6 Å². The van der Waals surface area contributed by atoms with Crippen LogP contribution in [-0.2, 0) is 4.79 Å². The zero-order valence-corrected chi connectivity index (χ0v) is 19.7. The summed E-state index contributed by atoms with van der Waals surface area (Å²) in [4.78, 5) is 20.3. The van der Waals surface area contributed by atoms with E-state index in [-0.39, 0.29) is 17.2 Å². The summed E-state index contributed by atoms with van der Waals surface area (Å²) in [5.74, 6) is 2.18. The Kier molecular flexibility index (Phi) is 5.00. The number of anilines is 2. The van der Waals surface area contributed by atoms with Gasteiger partial charge in [-0.3, -0.25) is 4.79 Å². The lowest BCUT2D eigenvalue weighted by Gasteiger charge is -2.38. The lowest BCUT2D eigenvalue weighted by Crippen LogP contribution is -2.36. The number of benzene rings is 2. The van der Waals surface area contributed by atoms with Crippen molar-refractivity contribution in [1.29, 1.82) is 0 Å². The zero-order chi connectivity index (χ0) is 23.3. The maximum absolute atomic E-state index is 13.4. The zero-order valence-electron chi connectivity index (χ0n) is 19.7. The van der Waals surface area contributed by atoms with Crippen molar-refractivity contribution in [2.75, 3.05) is 31.4 Å². The third-order valence-electron chi connectivity index (χ3n) is 6.38. The number of ketones is 1. The summed E-state index contributed by atoms with van der Waals surface area (Å²) >= 11 is 0. The summed E-state index contributed by atoms with van der Waals surface area (Å²) < 4.78 is 7.31. The average Bonchev–Trinajstić information content (AvgIpc) is 3.20. The van der Waals surface area contributed by atoms with Gasteiger partial charge >= 0.3 is 0 Å². The molecule has 1 N–H and O–H groups in total. The van der Waals surface area contributed by atoms with Gasteiger partial charge in [0.05, 0.1) is 7.11 Å². The highest BCUT2D eigenvalue weighted by atomic mass is 16.5. The van der Waals surface area contributed by atoms with Crippen molar-refractivity contribution in [1.82, 2.24) is 14.8 Å². The molecule has 0 saturated carbocycles. The largest absolute Gasteiger partial charge is 0.497 e. The summed E-state index contributed by atoms with van der Waals surface area (Å²) in [7, 11) is 5.68. The summed E-state index contributed by atoms with van der Waals surface area (Å²) in [6, 6.07) is 15.7. The first kappa shape index (κ1) is 21.2. The SMILES string of the molecule is COc1cccc(C2C3=C(CC(C)(C)CC3=O)Nc3nc(-c4ccc(N(C)C)cc4)nn32)c1. The van der Waals surface area contributed by atoms with Gasteiger partial charge in [0.15, 0.2) is 11.6 Å². The van der Waals surface area contributed by atoms with Crippen LogP contribution in [0.3, 0.4) is 0 Å². The van der Waals surface area contributed by atoms with Crippen molar-refractivity contribution in [2.45, 2.75) is 32.7 Å². The van der Waals surface area contributed by atoms with Gasteiger partial charge in [-0.05, 0) is 53.8 Å². The molecule has 1 atom stereocenters. The number of nitrogens with zero attached hydrogens (tertiary/aromatic N) is 4. The van der Waals surface area contributed by atoms with Gasteiger partial charge < -0.3 is 15.0 Å². The average molecular weight is 444 g/mol. The van der Waals surface area contributed by atoms with Gasteiger partial charge in [-0.2, -0.15) is 4.98 Å². The van der Waals surface area contributed by atoms with Crippen LogP contribution in [0, 0.1) is 5.41 Å². The Morgan fingerprint density at radius 1 is 1.12 bits per heavy atom. The Morgan fingerprint density at radius 2 is 1.88 bits per heavy atom. The molecule has 1 unspecified atom stereocenters. The first-order valence-corrected chi connectivity index (χ1v) is 11.2. The minimum absolute atomic E-state index is 0.102. The summed E-state index contributed by atoms with van der Waals surface area (Å²) in [5.41, 5.74) is 4.61. The van der Waals surface area contributed by atoms with Crippen LogP contribution in [0.2, 0.25) is 0 Å². The molecular weight excluding hydrogens is 414 g/mol. The Bertz CT molecular complexity index is 1250. The minimum atomic E-state index is -0.350. The molecule has 1 aliphatic carbocycles. The van der Waals surface area contributed by atoms with Crippen molar-refractivity contribution in [3.63, 3.8) is 0 Å². The number of hydrogen-bond donors (Lipinski definition) is 1. The predicted molar refractivity (Wildman–Crippen MR) is 130 cm³/mol. The molecule has 0 saturated heterocycles. The third-order valence-corrected chi connectivity index (χ3v) is 6.38. The minimum Gasteiger partial charge on any atom is -0.497 e. The molecule has 0 radical (unpaired) electrons. The van der Waals surface area contributed by atoms with Crippen LogP contribution < -0.4 is 15.0 Å². The van der Waals surface area contributed by atoms with Crippen molar-refractivity contribution >= 4 is 17.4 Å². The molecule has 1 aliphatic heterocycles. The maximum atomic E-state index is 13.4. The second kappa shape index (κ2) is 7.76. The van der Waals surface area contributed by atoms with E-state index < -0.39 is 0 Å². The van der Waals surface area contributed by atoms with Crippen molar-refractivity contribution in [3.8, 4) is 17.1 Å². The Labute approximate surface area is 194 Å². The molecule has 0 amide bonds. The fourth-order valence-corrected chi connectivity index (χ4v) is 4.76. The molecule has 3 aromatic rings. The molecule has 0 spiro atoms. The van der Waals surface area contributed by atoms with Gasteiger partial charge in [-0.1, -0.05) is 26.0 Å². The summed E-state index contributed by atoms with van der Waals surface area (Å²) in [5, 5.41) is 8.31. The summed E-state index contributed by atoms with van der Waals surface area (Å²) in [6.07, 6.45) is 1.30. The van der Waals surface area contributed by atoms with Crippen molar-refractivity contribution in [2.24, 2.45) is 5.41 Å². The lowest BCUT2D eigenvalue weighted by atomic mass is 9.73. The van der Waals surface area contributed by atoms with E-state index in [1.807, 2.05) is 55.2 Å². The maximum Gasteiger partial charge on any atom is 0.226 e. The predicted octanol–water partition coefficient (Wildman–Crippen LogP) is 4.68. The molecule has 0 fully saturated rings. The number of ether oxygens (including phenoxy) is 1. The van der Waals surface area contributed by atoms with E-state index in [2.05, 4.69) is 36.2 Å². The molecular formula is C26H29N5O2. The number of carbonyl (C=O) groups is 1. The smallest absolute Gasteiger partial charge is 0.226 e. The Hall–Kier alpha value is -3.61. The van der Waals surface area contributed by atoms with E-state index >= 15 is 0 Å². The molecule has 33 heavy (non-hydrogen) atoms. The first-order valence-electron chi connectivity index (χ1n) is 11.2. The lowest BCUT2D eigenvalue weighted by molar-refractivity contribution is -0.118. The number of allylic oxidation sites excluding steroid dienone is 2. The van der Waals surface area contributed by atoms with Gasteiger partial charge in [-0.15, -0.1) is 5.10 Å². The Morgan fingerprint density at radius 3 is 2.58 bits per heavy atom. The van der Waals surface area contributed by atoms with Crippen LogP contribution in [0.1, 0.15) is 38.3 Å². The second-order valence-electron chi connectivity index (χ2n) is 9.78. The quantitative estimate of drug-likeness (QED) is 0.631. The molecule has 0 bridgehead atoms. The fraction of sp³-hybridized carbons (Fsp3) is 0.346. The van der Waals surface area contributed by atoms with Crippen LogP contribution in [-0.4, -0.2) is 41.8 Å². The number of carbonyl (C=O) groups excluding carboxylic acids is 1. The first-order chi connectivity index (χ1) is 15.8. The number of Topliss-reactive ketones (excluding diaryl/α,β-unsaturated/α-hetero) is 1. The van der Waals surface area contributed by atoms with Gasteiger partial charge in [0.25, 0.3) is 0 Å². The van der Waals surface area contributed by atoms with Crippen LogP contribution >= 0.6 is 0 Å². The Balaban J connectivity index is 1.64. The second-order valence-corrected chi connectivity index (χ2v) is 9.78.